The first-order valence-electron chi connectivity index (χ1n) is 26.7. The van der Waals surface area contributed by atoms with E-state index in [1.54, 1.807) is 0 Å². The monoisotopic (exact) mass is 1020 g/mol. The molecule has 0 amide bonds. The quantitative estimate of drug-likeness (QED) is 0.143. The molecule has 374 valence electrons. The maximum Gasteiger partial charge on any atom is 0.238 e. The Hall–Kier alpha value is -11.1. The van der Waals surface area contributed by atoms with Crippen molar-refractivity contribution in [3.05, 3.63) is 267 Å². The topological polar surface area (TPSA) is 96.0 Å². The van der Waals surface area contributed by atoms with Crippen LogP contribution >= 0.6 is 0 Å². The molecule has 0 aliphatic heterocycles. The van der Waals surface area contributed by atoms with E-state index in [1.807, 2.05) is 72.8 Å². The molecule has 80 heavy (non-hydrogen) atoms. The number of pyridine rings is 2. The standard InChI is InChI=1S/C70H44N10/c1-7-23-45(24-8-1)61-59-53-43-51(37-39-55(53)79(63(59)57-35-19-21-41-77(57)61)69-73-65(47-27-11-3-12-28-47)71-66(74-69)48-29-13-4-14-30-48)52-38-40-56-54(44-52)60-62(46-25-9-2-10-26-46)78-42-22-20-36-58(78)64(60)80(56)70-75-67(49-31-15-5-16-32-49)72-68(76-70)50-33-17-6-18-34-50/h1-44H. The summed E-state index contributed by atoms with van der Waals surface area (Å²) in [5.74, 6) is 3.44. The van der Waals surface area contributed by atoms with E-state index in [2.05, 4.69) is 212 Å². The Bertz CT molecular complexity index is 4590. The molecule has 0 bridgehead atoms. The second kappa shape index (κ2) is 18.3. The minimum absolute atomic E-state index is 0.532. The third-order valence-corrected chi connectivity index (χ3v) is 15.3. The summed E-state index contributed by atoms with van der Waals surface area (Å²) < 4.78 is 9.10. The number of hydrogen-bond donors (Lipinski definition) is 0. The molecular formula is C70H44N10. The summed E-state index contributed by atoms with van der Waals surface area (Å²) in [6.45, 7) is 0. The van der Waals surface area contributed by atoms with Crippen molar-refractivity contribution in [2.75, 3.05) is 0 Å². The van der Waals surface area contributed by atoms with Crippen LogP contribution in [0.2, 0.25) is 0 Å². The maximum atomic E-state index is 5.34. The molecule has 16 rings (SSSR count). The first-order valence-corrected chi connectivity index (χ1v) is 26.7. The van der Waals surface area contributed by atoms with Crippen LogP contribution < -0.4 is 0 Å². The van der Waals surface area contributed by atoms with Crippen LogP contribution in [0.1, 0.15) is 0 Å². The molecule has 8 aromatic heterocycles. The molecule has 0 radical (unpaired) electrons. The van der Waals surface area contributed by atoms with Gasteiger partial charge in [-0.2, -0.15) is 19.9 Å². The lowest BCUT2D eigenvalue weighted by atomic mass is 9.99. The van der Waals surface area contributed by atoms with Gasteiger partial charge in [-0.15, -0.1) is 0 Å². The van der Waals surface area contributed by atoms with E-state index in [0.29, 0.717) is 35.2 Å². The number of aromatic nitrogens is 10. The first-order chi connectivity index (χ1) is 39.7. The van der Waals surface area contributed by atoms with E-state index < -0.39 is 0 Å². The lowest BCUT2D eigenvalue weighted by molar-refractivity contribution is 0.954. The highest BCUT2D eigenvalue weighted by Gasteiger charge is 2.28. The number of fused-ring (bicyclic) bond motifs is 10. The predicted molar refractivity (Wildman–Crippen MR) is 322 cm³/mol. The zero-order chi connectivity index (χ0) is 52.7. The van der Waals surface area contributed by atoms with Crippen LogP contribution in [0.5, 0.6) is 0 Å². The molecule has 0 saturated carbocycles. The molecule has 10 nitrogen and oxygen atoms in total. The van der Waals surface area contributed by atoms with E-state index in [1.165, 1.54) is 0 Å². The van der Waals surface area contributed by atoms with Crippen LogP contribution in [-0.2, 0) is 0 Å². The number of hydrogen-bond acceptors (Lipinski definition) is 6. The van der Waals surface area contributed by atoms with Gasteiger partial charge >= 0.3 is 0 Å². The van der Waals surface area contributed by atoms with Crippen molar-refractivity contribution >= 4 is 54.6 Å². The van der Waals surface area contributed by atoms with Gasteiger partial charge in [0, 0.05) is 56.2 Å². The van der Waals surface area contributed by atoms with Gasteiger partial charge in [0.25, 0.3) is 0 Å². The Morgan fingerprint density at radius 2 is 0.537 bits per heavy atom. The molecule has 0 aliphatic rings. The Morgan fingerprint density at radius 1 is 0.237 bits per heavy atom. The zero-order valence-corrected chi connectivity index (χ0v) is 42.9. The minimum Gasteiger partial charge on any atom is -0.314 e. The first kappa shape index (κ1) is 45.1. The predicted octanol–water partition coefficient (Wildman–Crippen LogP) is 16.4. The smallest absolute Gasteiger partial charge is 0.238 e. The Kier molecular flexibility index (Phi) is 10.3. The van der Waals surface area contributed by atoms with Crippen molar-refractivity contribution in [2.45, 2.75) is 0 Å². The van der Waals surface area contributed by atoms with Crippen molar-refractivity contribution in [1.82, 2.24) is 47.8 Å². The van der Waals surface area contributed by atoms with Crippen molar-refractivity contribution in [2.24, 2.45) is 0 Å². The second-order valence-electron chi connectivity index (χ2n) is 20.0. The highest BCUT2D eigenvalue weighted by molar-refractivity contribution is 6.23. The average molecular weight is 1030 g/mol. The Morgan fingerprint density at radius 3 is 0.863 bits per heavy atom. The van der Waals surface area contributed by atoms with Crippen LogP contribution in [-0.4, -0.2) is 47.8 Å². The number of nitrogens with zero attached hydrogens (tertiary/aromatic N) is 10. The zero-order valence-electron chi connectivity index (χ0n) is 42.9. The van der Waals surface area contributed by atoms with Crippen LogP contribution in [0, 0.1) is 0 Å². The maximum absolute atomic E-state index is 5.34. The van der Waals surface area contributed by atoms with Gasteiger partial charge in [-0.05, 0) is 70.8 Å². The summed E-state index contributed by atoms with van der Waals surface area (Å²) in [6.07, 6.45) is 4.31. The number of benzene rings is 8. The van der Waals surface area contributed by atoms with E-state index in [0.717, 1.165) is 111 Å². The van der Waals surface area contributed by atoms with E-state index >= 15 is 0 Å². The summed E-state index contributed by atoms with van der Waals surface area (Å²) in [5, 5.41) is 4.33. The van der Waals surface area contributed by atoms with E-state index in [4.69, 9.17) is 29.9 Å². The normalized spacial score (nSPS) is 11.8. The van der Waals surface area contributed by atoms with Gasteiger partial charge in [-0.1, -0.05) is 206 Å². The Balaban J connectivity index is 0.985. The summed E-state index contributed by atoms with van der Waals surface area (Å²) in [4.78, 5) is 31.6. The molecule has 16 aromatic rings. The Labute approximate surface area is 458 Å². The largest absolute Gasteiger partial charge is 0.314 e. The van der Waals surface area contributed by atoms with Crippen molar-refractivity contribution in [3.63, 3.8) is 0 Å². The average Bonchev–Trinajstić information content (AvgIpc) is 4.31. The second-order valence-corrected chi connectivity index (χ2v) is 20.0. The molecule has 0 unspecified atom stereocenters. The molecule has 0 spiro atoms. The van der Waals surface area contributed by atoms with Gasteiger partial charge in [0.2, 0.25) is 11.9 Å². The molecule has 8 aromatic carbocycles. The molecule has 10 heteroatoms. The van der Waals surface area contributed by atoms with Gasteiger partial charge in [-0.3, -0.25) is 9.13 Å². The summed E-state index contributed by atoms with van der Waals surface area (Å²) >= 11 is 0. The summed E-state index contributed by atoms with van der Waals surface area (Å²) in [7, 11) is 0. The fraction of sp³-hybridized carbons (Fsp3) is 0. The van der Waals surface area contributed by atoms with Gasteiger partial charge in [0.15, 0.2) is 23.3 Å². The minimum atomic E-state index is 0.532. The third kappa shape index (κ3) is 7.20. The molecule has 0 N–H and O–H groups in total. The lowest BCUT2D eigenvalue weighted by Crippen LogP contribution is -2.06. The fourth-order valence-electron chi connectivity index (χ4n) is 11.8. The molecule has 0 atom stereocenters. The highest BCUT2D eigenvalue weighted by atomic mass is 15.2. The van der Waals surface area contributed by atoms with E-state index in [-0.39, 0.29) is 0 Å². The van der Waals surface area contributed by atoms with Crippen LogP contribution in [0.25, 0.3) is 146 Å². The SMILES string of the molecule is c1ccc(-c2nc(-c3ccccc3)nc(-n3c4ccc(-c5ccc6c(c5)c5c(-c7ccccc7)n7ccccc7c5n6-c5nc(-c6ccccc6)nc(-c6ccccc6)n5)cc4c4c(-c5ccccc5)n5ccccc5c43)n2)cc1. The van der Waals surface area contributed by atoms with Crippen molar-refractivity contribution < 1.29 is 0 Å². The van der Waals surface area contributed by atoms with Crippen LogP contribution in [0.3, 0.4) is 0 Å². The van der Waals surface area contributed by atoms with Gasteiger partial charge in [0.05, 0.1) is 44.5 Å². The van der Waals surface area contributed by atoms with E-state index in [9.17, 15) is 0 Å². The highest BCUT2D eigenvalue weighted by Crippen LogP contribution is 2.46. The molecule has 0 saturated heterocycles. The van der Waals surface area contributed by atoms with Gasteiger partial charge in [0.1, 0.15) is 0 Å². The van der Waals surface area contributed by atoms with Crippen molar-refractivity contribution in [3.8, 4) is 91.1 Å². The lowest BCUT2D eigenvalue weighted by Gasteiger charge is -2.12. The van der Waals surface area contributed by atoms with Crippen LogP contribution in [0.15, 0.2) is 267 Å². The fourth-order valence-corrected chi connectivity index (χ4v) is 11.8. The third-order valence-electron chi connectivity index (χ3n) is 15.3. The number of rotatable bonds is 9. The summed E-state index contributed by atoms with van der Waals surface area (Å²) in [5.41, 5.74) is 16.1. The molecular weight excluding hydrogens is 981 g/mol. The molecule has 8 heterocycles. The van der Waals surface area contributed by atoms with Gasteiger partial charge in [-0.25, -0.2) is 9.97 Å². The van der Waals surface area contributed by atoms with Crippen molar-refractivity contribution in [1.29, 1.82) is 0 Å². The molecule has 0 aliphatic carbocycles. The van der Waals surface area contributed by atoms with Gasteiger partial charge < -0.3 is 8.80 Å². The summed E-state index contributed by atoms with van der Waals surface area (Å²) in [6, 6.07) is 88.4. The van der Waals surface area contributed by atoms with Crippen LogP contribution in [0.4, 0.5) is 0 Å². The molecule has 0 fully saturated rings.